The van der Waals surface area contributed by atoms with Crippen LogP contribution in [0.1, 0.15) is 97.3 Å². The second kappa shape index (κ2) is 12.7. The molecule has 0 spiro atoms. The molecule has 206 valence electrons. The van der Waals surface area contributed by atoms with Crippen LogP contribution in [0.5, 0.6) is 0 Å². The molecule has 1 aromatic heterocycles. The van der Waals surface area contributed by atoms with E-state index in [1.54, 1.807) is 0 Å². The molecule has 0 aliphatic carbocycles. The van der Waals surface area contributed by atoms with Crippen molar-refractivity contribution < 1.29 is 18.4 Å². The summed E-state index contributed by atoms with van der Waals surface area (Å²) in [5, 5.41) is -0.0185. The van der Waals surface area contributed by atoms with Crippen LogP contribution in [0.15, 0.2) is 21.9 Å². The first kappa shape index (κ1) is 32.4. The van der Waals surface area contributed by atoms with Gasteiger partial charge in [-0.05, 0) is 38.4 Å². The summed E-state index contributed by atoms with van der Waals surface area (Å²) in [5.41, 5.74) is 1.32. The Kier molecular flexibility index (Phi) is 11.4. The van der Waals surface area contributed by atoms with Gasteiger partial charge in [0, 0.05) is 35.3 Å². The standard InChI is InChI=1S/C30H52O5Si/c1-15-18(4)26(34-29(32)19(5)16-2)22(8)28(35-36(13,14)30(10,11)12)23(9)27-21(7)25(31)20(6)24(17-3)33-27/h15,18-19,22-23,26,28H,1,16-17H2,2-14H3/t18-,19-,22+,23+,26-,28-/m0/s1. The minimum absolute atomic E-state index is 0.0185. The average molecular weight is 521 g/mol. The van der Waals surface area contributed by atoms with Gasteiger partial charge in [-0.15, -0.1) is 6.58 Å². The lowest BCUT2D eigenvalue weighted by Gasteiger charge is -2.44. The van der Waals surface area contributed by atoms with Gasteiger partial charge >= 0.3 is 5.97 Å². The van der Waals surface area contributed by atoms with Crippen molar-refractivity contribution in [3.63, 3.8) is 0 Å². The molecule has 0 saturated carbocycles. The van der Waals surface area contributed by atoms with Crippen molar-refractivity contribution in [3.8, 4) is 0 Å². The topological polar surface area (TPSA) is 65.7 Å². The molecule has 0 aliphatic rings. The van der Waals surface area contributed by atoms with Gasteiger partial charge in [-0.1, -0.05) is 68.4 Å². The third-order valence-electron chi connectivity index (χ3n) is 8.36. The van der Waals surface area contributed by atoms with Crippen LogP contribution in [0.2, 0.25) is 18.1 Å². The van der Waals surface area contributed by atoms with E-state index in [0.717, 1.165) is 6.42 Å². The number of ether oxygens (including phenoxy) is 1. The molecule has 1 aromatic rings. The summed E-state index contributed by atoms with van der Waals surface area (Å²) >= 11 is 0. The maximum atomic E-state index is 13.1. The number of rotatable bonds is 12. The molecule has 0 N–H and O–H groups in total. The average Bonchev–Trinajstić information content (AvgIpc) is 2.81. The van der Waals surface area contributed by atoms with Gasteiger partial charge in [-0.3, -0.25) is 9.59 Å². The lowest BCUT2D eigenvalue weighted by molar-refractivity contribution is -0.161. The largest absolute Gasteiger partial charge is 0.465 e. The predicted octanol–water partition coefficient (Wildman–Crippen LogP) is 7.73. The second-order valence-corrected chi connectivity index (χ2v) is 16.9. The summed E-state index contributed by atoms with van der Waals surface area (Å²) in [6.45, 7) is 30.8. The monoisotopic (exact) mass is 520 g/mol. The van der Waals surface area contributed by atoms with Gasteiger partial charge in [0.2, 0.25) is 0 Å². The first-order valence-electron chi connectivity index (χ1n) is 13.6. The first-order valence-corrected chi connectivity index (χ1v) is 16.5. The Labute approximate surface area is 221 Å². The highest BCUT2D eigenvalue weighted by atomic mass is 28.4. The van der Waals surface area contributed by atoms with Crippen LogP contribution in [0, 0.1) is 31.6 Å². The molecule has 0 bridgehead atoms. The molecule has 0 amide bonds. The Morgan fingerprint density at radius 2 is 1.61 bits per heavy atom. The summed E-state index contributed by atoms with van der Waals surface area (Å²) < 4.78 is 19.6. The molecule has 5 nitrogen and oxygen atoms in total. The Balaban J connectivity index is 3.70. The van der Waals surface area contributed by atoms with Gasteiger partial charge in [-0.2, -0.15) is 0 Å². The minimum Gasteiger partial charge on any atom is -0.465 e. The van der Waals surface area contributed by atoms with Crippen molar-refractivity contribution in [2.24, 2.45) is 17.8 Å². The van der Waals surface area contributed by atoms with Crippen LogP contribution in [0.4, 0.5) is 0 Å². The molecule has 0 radical (unpaired) electrons. The van der Waals surface area contributed by atoms with E-state index in [4.69, 9.17) is 13.6 Å². The Hall–Kier alpha value is -1.66. The molecule has 1 rings (SSSR count). The highest BCUT2D eigenvalue weighted by Crippen LogP contribution is 2.42. The maximum Gasteiger partial charge on any atom is 0.308 e. The van der Waals surface area contributed by atoms with Crippen LogP contribution in [-0.2, 0) is 20.4 Å². The lowest BCUT2D eigenvalue weighted by Crippen LogP contribution is -2.50. The Morgan fingerprint density at radius 3 is 2.06 bits per heavy atom. The quantitative estimate of drug-likeness (QED) is 0.160. The predicted molar refractivity (Wildman–Crippen MR) is 152 cm³/mol. The van der Waals surface area contributed by atoms with Crippen molar-refractivity contribution in [1.29, 1.82) is 0 Å². The van der Waals surface area contributed by atoms with E-state index in [1.165, 1.54) is 0 Å². The highest BCUT2D eigenvalue weighted by molar-refractivity contribution is 6.74. The molecular formula is C30H52O5Si. The minimum atomic E-state index is -2.24. The van der Waals surface area contributed by atoms with Crippen molar-refractivity contribution in [1.82, 2.24) is 0 Å². The van der Waals surface area contributed by atoms with Crippen molar-refractivity contribution >= 4 is 14.3 Å². The summed E-state index contributed by atoms with van der Waals surface area (Å²) in [5.74, 6) is 0.553. The summed E-state index contributed by atoms with van der Waals surface area (Å²) in [6, 6.07) is 0. The molecule has 1 heterocycles. The molecule has 0 aliphatic heterocycles. The van der Waals surface area contributed by atoms with Gasteiger partial charge in [-0.25, -0.2) is 0 Å². The zero-order chi connectivity index (χ0) is 28.2. The van der Waals surface area contributed by atoms with Gasteiger partial charge in [0.15, 0.2) is 13.7 Å². The second-order valence-electron chi connectivity index (χ2n) is 12.1. The number of hydrogen-bond acceptors (Lipinski definition) is 5. The first-order chi connectivity index (χ1) is 16.4. The maximum absolute atomic E-state index is 13.1. The van der Waals surface area contributed by atoms with Gasteiger partial charge in [0.05, 0.1) is 12.0 Å². The van der Waals surface area contributed by atoms with Gasteiger partial charge < -0.3 is 13.6 Å². The smallest absolute Gasteiger partial charge is 0.308 e. The summed E-state index contributed by atoms with van der Waals surface area (Å²) in [7, 11) is -2.24. The number of aryl methyl sites for hydroxylation is 1. The molecular weight excluding hydrogens is 468 g/mol. The number of carbonyl (C=O) groups excluding carboxylic acids is 1. The third-order valence-corrected chi connectivity index (χ3v) is 12.8. The van der Waals surface area contributed by atoms with E-state index in [2.05, 4.69) is 54.3 Å². The van der Waals surface area contributed by atoms with Crippen LogP contribution in [-0.4, -0.2) is 26.5 Å². The van der Waals surface area contributed by atoms with Crippen LogP contribution in [0.3, 0.4) is 0 Å². The molecule has 0 aromatic carbocycles. The fraction of sp³-hybridized carbons (Fsp3) is 0.733. The number of hydrogen-bond donors (Lipinski definition) is 0. The highest BCUT2D eigenvalue weighted by Gasteiger charge is 2.45. The Morgan fingerprint density at radius 1 is 1.06 bits per heavy atom. The zero-order valence-electron chi connectivity index (χ0n) is 25.2. The molecule has 6 atom stereocenters. The third kappa shape index (κ3) is 7.22. The fourth-order valence-corrected chi connectivity index (χ4v) is 5.79. The van der Waals surface area contributed by atoms with Gasteiger partial charge in [0.25, 0.3) is 0 Å². The molecule has 6 heteroatoms. The van der Waals surface area contributed by atoms with Crippen LogP contribution < -0.4 is 5.43 Å². The molecule has 0 unspecified atom stereocenters. The van der Waals surface area contributed by atoms with E-state index in [1.807, 2.05) is 47.6 Å². The summed E-state index contributed by atoms with van der Waals surface area (Å²) in [6.07, 6.45) is 2.47. The number of esters is 1. The fourth-order valence-electron chi connectivity index (χ4n) is 4.34. The summed E-state index contributed by atoms with van der Waals surface area (Å²) in [4.78, 5) is 26.0. The van der Waals surface area contributed by atoms with Crippen LogP contribution >= 0.6 is 0 Å². The van der Waals surface area contributed by atoms with Gasteiger partial charge in [0.1, 0.15) is 17.6 Å². The Bertz CT molecular complexity index is 955. The lowest BCUT2D eigenvalue weighted by atomic mass is 9.82. The van der Waals surface area contributed by atoms with E-state index >= 15 is 0 Å². The molecule has 36 heavy (non-hydrogen) atoms. The van der Waals surface area contributed by atoms with E-state index in [9.17, 15) is 9.59 Å². The van der Waals surface area contributed by atoms with Crippen molar-refractivity contribution in [3.05, 3.63) is 45.5 Å². The molecule has 0 fully saturated rings. The van der Waals surface area contributed by atoms with E-state index < -0.39 is 14.4 Å². The zero-order valence-corrected chi connectivity index (χ0v) is 26.2. The van der Waals surface area contributed by atoms with Crippen molar-refractivity contribution in [2.75, 3.05) is 0 Å². The van der Waals surface area contributed by atoms with E-state index in [0.29, 0.717) is 29.1 Å². The van der Waals surface area contributed by atoms with Crippen LogP contribution in [0.25, 0.3) is 0 Å². The van der Waals surface area contributed by atoms with E-state index in [-0.39, 0.29) is 46.2 Å². The SMILES string of the molecule is C=C[C@H](C)[C@H](OC(=O)[C@@H](C)CC)[C@@H](C)[C@H](O[Si](C)(C)C(C)(C)C)[C@H](C)c1oc(CC)c(C)c(=O)c1C. The van der Waals surface area contributed by atoms with Crippen molar-refractivity contribution in [2.45, 2.75) is 125 Å². The number of carbonyl (C=O) groups is 1. The normalized spacial score (nSPS) is 17.6. The molecule has 0 saturated heterocycles.